The quantitative estimate of drug-likeness (QED) is 0.654. The number of fused-ring (bicyclic) bond motifs is 2. The minimum Gasteiger partial charge on any atom is -0.507 e. The fourth-order valence-corrected chi connectivity index (χ4v) is 4.84. The van der Waals surface area contributed by atoms with E-state index in [0.29, 0.717) is 29.7 Å². The van der Waals surface area contributed by atoms with Gasteiger partial charge in [-0.15, -0.1) is 10.2 Å². The molecule has 7 nitrogen and oxygen atoms in total. The molecule has 162 valence electrons. The van der Waals surface area contributed by atoms with Gasteiger partial charge in [0.15, 0.2) is 17.5 Å². The van der Waals surface area contributed by atoms with Crippen LogP contribution in [0.25, 0.3) is 22.6 Å². The Morgan fingerprint density at radius 3 is 2.55 bits per heavy atom. The molecule has 0 saturated carbocycles. The Kier molecular flexibility index (Phi) is 5.09. The van der Waals surface area contributed by atoms with Crippen LogP contribution in [0.4, 0.5) is 10.2 Å². The number of oxazole rings is 1. The number of aromatic nitrogens is 3. The first-order valence-electron chi connectivity index (χ1n) is 10.8. The minimum absolute atomic E-state index is 0.0907. The van der Waals surface area contributed by atoms with Gasteiger partial charge in [-0.3, -0.25) is 0 Å². The van der Waals surface area contributed by atoms with Gasteiger partial charge in [0.1, 0.15) is 11.6 Å². The third-order valence-corrected chi connectivity index (χ3v) is 6.50. The first kappa shape index (κ1) is 19.9. The second-order valence-electron chi connectivity index (χ2n) is 8.60. The van der Waals surface area contributed by atoms with Crippen LogP contribution in [-0.2, 0) is 0 Å². The van der Waals surface area contributed by atoms with Crippen molar-refractivity contribution in [2.24, 2.45) is 0 Å². The highest BCUT2D eigenvalue weighted by atomic mass is 19.1. The lowest BCUT2D eigenvalue weighted by Gasteiger charge is -2.43. The fourth-order valence-electron chi connectivity index (χ4n) is 4.84. The number of aryl methyl sites for hydroxylation is 1. The summed E-state index contributed by atoms with van der Waals surface area (Å²) in [5, 5.41) is 22.9. The van der Waals surface area contributed by atoms with Crippen molar-refractivity contribution >= 4 is 5.82 Å². The summed E-state index contributed by atoms with van der Waals surface area (Å²) in [5.41, 5.74) is 0.856. The Labute approximate surface area is 180 Å². The molecule has 0 radical (unpaired) electrons. The summed E-state index contributed by atoms with van der Waals surface area (Å²) in [6.07, 6.45) is 7.42. The number of hydrogen-bond acceptors (Lipinski definition) is 7. The number of nitrogens with one attached hydrogen (secondary N) is 1. The Morgan fingerprint density at radius 2 is 1.90 bits per heavy atom. The van der Waals surface area contributed by atoms with E-state index in [4.69, 9.17) is 4.42 Å². The monoisotopic (exact) mass is 423 g/mol. The van der Waals surface area contributed by atoms with Crippen LogP contribution in [0.5, 0.6) is 5.75 Å². The SMILES string of the molecule is Cc1ncc(-c2cc(O)c(-c3ccc(N(C)[C@@H]4C[C@H]5CCC[C@@H](C4)N5)nn3)cc2F)o1. The molecule has 0 amide bonds. The fraction of sp³-hybridized carbons (Fsp3) is 0.435. The number of nitrogens with zero attached hydrogens (tertiary/aromatic N) is 4. The van der Waals surface area contributed by atoms with Crippen molar-refractivity contribution in [2.75, 3.05) is 11.9 Å². The van der Waals surface area contributed by atoms with E-state index in [1.807, 2.05) is 6.07 Å². The van der Waals surface area contributed by atoms with Crippen molar-refractivity contribution in [1.82, 2.24) is 20.5 Å². The maximum atomic E-state index is 14.7. The number of piperidine rings is 2. The molecule has 2 saturated heterocycles. The van der Waals surface area contributed by atoms with E-state index in [1.165, 1.54) is 37.6 Å². The summed E-state index contributed by atoms with van der Waals surface area (Å²) in [6.45, 7) is 1.68. The van der Waals surface area contributed by atoms with Gasteiger partial charge >= 0.3 is 0 Å². The molecular weight excluding hydrogens is 397 g/mol. The molecule has 2 bridgehead atoms. The van der Waals surface area contributed by atoms with Crippen LogP contribution < -0.4 is 10.2 Å². The van der Waals surface area contributed by atoms with E-state index < -0.39 is 5.82 Å². The van der Waals surface area contributed by atoms with Crippen molar-refractivity contribution in [3.8, 4) is 28.3 Å². The molecule has 2 aliphatic heterocycles. The topological polar surface area (TPSA) is 87.3 Å². The summed E-state index contributed by atoms with van der Waals surface area (Å²) in [6, 6.07) is 7.83. The second-order valence-corrected chi connectivity index (χ2v) is 8.60. The molecule has 2 aromatic heterocycles. The summed E-state index contributed by atoms with van der Waals surface area (Å²) < 4.78 is 20.1. The molecule has 0 unspecified atom stereocenters. The Hall–Kier alpha value is -3.00. The highest BCUT2D eigenvalue weighted by molar-refractivity contribution is 5.73. The first-order valence-corrected chi connectivity index (χ1v) is 10.8. The zero-order valence-electron chi connectivity index (χ0n) is 17.7. The van der Waals surface area contributed by atoms with E-state index in [0.717, 1.165) is 18.7 Å². The molecule has 0 aliphatic carbocycles. The lowest BCUT2D eigenvalue weighted by Crippen LogP contribution is -2.54. The van der Waals surface area contributed by atoms with Crippen LogP contribution in [-0.4, -0.2) is 45.5 Å². The summed E-state index contributed by atoms with van der Waals surface area (Å²) in [7, 11) is 2.06. The minimum atomic E-state index is -0.520. The number of anilines is 1. The van der Waals surface area contributed by atoms with Gasteiger partial charge in [-0.05, 0) is 49.9 Å². The van der Waals surface area contributed by atoms with Gasteiger partial charge in [0.2, 0.25) is 0 Å². The van der Waals surface area contributed by atoms with Crippen LogP contribution in [0.3, 0.4) is 0 Å². The van der Waals surface area contributed by atoms with E-state index >= 15 is 0 Å². The third-order valence-electron chi connectivity index (χ3n) is 6.50. The van der Waals surface area contributed by atoms with Gasteiger partial charge in [0, 0.05) is 37.7 Å². The molecule has 1 aromatic carbocycles. The average molecular weight is 423 g/mol. The van der Waals surface area contributed by atoms with E-state index in [9.17, 15) is 9.50 Å². The molecule has 2 N–H and O–H groups in total. The van der Waals surface area contributed by atoms with Crippen molar-refractivity contribution in [3.05, 3.63) is 42.2 Å². The largest absolute Gasteiger partial charge is 0.507 e. The number of halogens is 1. The Bertz CT molecular complexity index is 1070. The summed E-state index contributed by atoms with van der Waals surface area (Å²) >= 11 is 0. The number of aromatic hydroxyl groups is 1. The molecule has 2 aliphatic rings. The number of hydrogen-bond donors (Lipinski definition) is 2. The number of rotatable bonds is 4. The number of phenolic OH excluding ortho intramolecular Hbond substituents is 1. The summed E-state index contributed by atoms with van der Waals surface area (Å²) in [4.78, 5) is 6.17. The average Bonchev–Trinajstić information content (AvgIpc) is 3.20. The van der Waals surface area contributed by atoms with Crippen LogP contribution in [0, 0.1) is 12.7 Å². The highest BCUT2D eigenvalue weighted by Gasteiger charge is 2.33. The van der Waals surface area contributed by atoms with Gasteiger partial charge in [-0.1, -0.05) is 6.42 Å². The highest BCUT2D eigenvalue weighted by Crippen LogP contribution is 2.35. The molecule has 5 rings (SSSR count). The third kappa shape index (κ3) is 3.87. The Balaban J connectivity index is 1.37. The molecule has 2 fully saturated rings. The lowest BCUT2D eigenvalue weighted by molar-refractivity contribution is 0.219. The maximum absolute atomic E-state index is 14.7. The molecule has 3 aromatic rings. The molecule has 8 heteroatoms. The van der Waals surface area contributed by atoms with E-state index in [-0.39, 0.29) is 22.6 Å². The molecule has 4 heterocycles. The van der Waals surface area contributed by atoms with Crippen LogP contribution >= 0.6 is 0 Å². The number of benzene rings is 1. The van der Waals surface area contributed by atoms with Crippen molar-refractivity contribution in [2.45, 2.75) is 57.2 Å². The zero-order valence-corrected chi connectivity index (χ0v) is 17.7. The van der Waals surface area contributed by atoms with Gasteiger partial charge in [-0.25, -0.2) is 9.37 Å². The van der Waals surface area contributed by atoms with Gasteiger partial charge in [0.25, 0.3) is 0 Å². The van der Waals surface area contributed by atoms with Crippen LogP contribution in [0.15, 0.2) is 34.9 Å². The standard InChI is InChI=1S/C23H26FN5O2/c1-13-25-12-22(31-13)17-11-21(30)18(10-19(17)24)20-6-7-23(28-27-20)29(2)16-8-14-4-3-5-15(9-16)26-14/h6-7,10-12,14-16,26,30H,3-5,8-9H2,1-2H3/t14-,15+,16-. The van der Waals surface area contributed by atoms with Gasteiger partial charge in [-0.2, -0.15) is 0 Å². The van der Waals surface area contributed by atoms with Crippen LogP contribution in [0.1, 0.15) is 38.0 Å². The normalized spacial score (nSPS) is 23.0. The van der Waals surface area contributed by atoms with Crippen LogP contribution in [0.2, 0.25) is 0 Å². The second kappa shape index (κ2) is 7.92. The lowest BCUT2D eigenvalue weighted by atomic mass is 9.83. The van der Waals surface area contributed by atoms with Gasteiger partial charge < -0.3 is 19.7 Å². The van der Waals surface area contributed by atoms with Gasteiger partial charge in [0.05, 0.1) is 17.5 Å². The van der Waals surface area contributed by atoms with E-state index in [1.54, 1.807) is 13.0 Å². The predicted octanol–water partition coefficient (Wildman–Crippen LogP) is 4.06. The number of phenols is 1. The smallest absolute Gasteiger partial charge is 0.191 e. The molecule has 0 spiro atoms. The first-order chi connectivity index (χ1) is 15.0. The predicted molar refractivity (Wildman–Crippen MR) is 115 cm³/mol. The summed E-state index contributed by atoms with van der Waals surface area (Å²) in [5.74, 6) is 0.871. The van der Waals surface area contributed by atoms with Crippen molar-refractivity contribution in [1.29, 1.82) is 0 Å². The molecule has 31 heavy (non-hydrogen) atoms. The van der Waals surface area contributed by atoms with Crippen molar-refractivity contribution < 1.29 is 13.9 Å². The van der Waals surface area contributed by atoms with Crippen molar-refractivity contribution in [3.63, 3.8) is 0 Å². The Morgan fingerprint density at radius 1 is 1.13 bits per heavy atom. The zero-order chi connectivity index (χ0) is 21.5. The molecular formula is C23H26FN5O2. The maximum Gasteiger partial charge on any atom is 0.191 e. The van der Waals surface area contributed by atoms with E-state index in [2.05, 4.69) is 32.4 Å². The molecule has 3 atom stereocenters.